The van der Waals surface area contributed by atoms with Crippen LogP contribution in [0.4, 0.5) is 4.79 Å². The number of ether oxygens (including phenoxy) is 2. The van der Waals surface area contributed by atoms with E-state index in [1.807, 2.05) is 24.3 Å². The summed E-state index contributed by atoms with van der Waals surface area (Å²) in [5.74, 6) is 0.376. The van der Waals surface area contributed by atoms with Crippen LogP contribution in [0, 0.1) is 0 Å². The zero-order chi connectivity index (χ0) is 22.9. The summed E-state index contributed by atoms with van der Waals surface area (Å²) < 4.78 is 10.6. The van der Waals surface area contributed by atoms with Crippen LogP contribution in [0.15, 0.2) is 53.4 Å². The maximum absolute atomic E-state index is 12.7. The highest BCUT2D eigenvalue weighted by molar-refractivity contribution is 8.18. The van der Waals surface area contributed by atoms with Gasteiger partial charge in [-0.3, -0.25) is 19.3 Å². The number of aromatic nitrogens is 1. The van der Waals surface area contributed by atoms with Crippen molar-refractivity contribution in [1.29, 1.82) is 0 Å². The molecule has 1 saturated heterocycles. The third-order valence-electron chi connectivity index (χ3n) is 5.12. The lowest BCUT2D eigenvalue weighted by atomic mass is 10.1. The number of pyridine rings is 1. The van der Waals surface area contributed by atoms with Gasteiger partial charge in [-0.2, -0.15) is 0 Å². The second-order valence-electron chi connectivity index (χ2n) is 7.22. The van der Waals surface area contributed by atoms with Crippen LogP contribution in [-0.2, 0) is 4.79 Å². The highest BCUT2D eigenvalue weighted by Gasteiger charge is 2.34. The summed E-state index contributed by atoms with van der Waals surface area (Å²) in [5.41, 5.74) is 0.882. The smallest absolute Gasteiger partial charge is 0.293 e. The Hall–Kier alpha value is -3.56. The third kappa shape index (κ3) is 4.24. The molecule has 1 aromatic heterocycles. The minimum atomic E-state index is -0.439. The molecule has 0 unspecified atom stereocenters. The summed E-state index contributed by atoms with van der Waals surface area (Å²) in [6.45, 7) is 0.276. The van der Waals surface area contributed by atoms with Crippen LogP contribution in [-0.4, -0.2) is 46.8 Å². The molecule has 166 valence electrons. The Kier molecular flexibility index (Phi) is 5.65. The molecule has 2 aromatic carbocycles. The summed E-state index contributed by atoms with van der Waals surface area (Å²) in [4.78, 5) is 43.1. The molecular weight excluding hydrogens is 466 g/mol. The first kappa shape index (κ1) is 21.3. The van der Waals surface area contributed by atoms with Crippen LogP contribution in [0.1, 0.15) is 16.1 Å². The maximum atomic E-state index is 12.7. The van der Waals surface area contributed by atoms with E-state index in [9.17, 15) is 14.4 Å². The Morgan fingerprint density at radius 3 is 2.85 bits per heavy atom. The van der Waals surface area contributed by atoms with Crippen molar-refractivity contribution in [3.05, 3.63) is 69.8 Å². The van der Waals surface area contributed by atoms with Crippen LogP contribution in [0.2, 0.25) is 5.15 Å². The first-order chi connectivity index (χ1) is 16.0. The van der Waals surface area contributed by atoms with Crippen molar-refractivity contribution in [1.82, 2.24) is 15.2 Å². The predicted molar refractivity (Wildman–Crippen MR) is 124 cm³/mol. The number of nitrogens with one attached hydrogen (secondary N) is 1. The van der Waals surface area contributed by atoms with Crippen LogP contribution >= 0.6 is 23.4 Å². The van der Waals surface area contributed by atoms with Gasteiger partial charge in [0.05, 0.1) is 4.91 Å². The molecule has 10 heteroatoms. The van der Waals surface area contributed by atoms with Gasteiger partial charge in [-0.05, 0) is 47.0 Å². The fourth-order valence-electron chi connectivity index (χ4n) is 3.49. The quantitative estimate of drug-likeness (QED) is 0.433. The van der Waals surface area contributed by atoms with Gasteiger partial charge >= 0.3 is 0 Å². The summed E-state index contributed by atoms with van der Waals surface area (Å²) in [5, 5.41) is 4.07. The van der Waals surface area contributed by atoms with Gasteiger partial charge in [-0.15, -0.1) is 0 Å². The average Bonchev–Trinajstić information content (AvgIpc) is 3.38. The van der Waals surface area contributed by atoms with Crippen molar-refractivity contribution in [2.75, 3.05) is 19.9 Å². The molecule has 3 aromatic rings. The van der Waals surface area contributed by atoms with E-state index in [1.54, 1.807) is 30.3 Å². The minimum Gasteiger partial charge on any atom is -0.454 e. The van der Waals surface area contributed by atoms with Crippen LogP contribution < -0.4 is 14.8 Å². The van der Waals surface area contributed by atoms with Crippen molar-refractivity contribution in [3.8, 4) is 11.5 Å². The topological polar surface area (TPSA) is 97.8 Å². The van der Waals surface area contributed by atoms with Gasteiger partial charge < -0.3 is 14.8 Å². The molecule has 2 aliphatic rings. The summed E-state index contributed by atoms with van der Waals surface area (Å²) in [6, 6.07) is 14.3. The number of hydrogen-bond acceptors (Lipinski definition) is 7. The number of carbonyl (C=O) groups is 3. The first-order valence-electron chi connectivity index (χ1n) is 9.98. The number of fused-ring (bicyclic) bond motifs is 2. The van der Waals surface area contributed by atoms with E-state index in [0.29, 0.717) is 16.4 Å². The van der Waals surface area contributed by atoms with Crippen molar-refractivity contribution in [3.63, 3.8) is 0 Å². The average molecular weight is 482 g/mol. The predicted octanol–water partition coefficient (Wildman–Crippen LogP) is 4.08. The van der Waals surface area contributed by atoms with Crippen molar-refractivity contribution in [2.45, 2.75) is 0 Å². The fraction of sp³-hybridized carbons (Fsp3) is 0.130. The van der Waals surface area contributed by atoms with Gasteiger partial charge in [0.1, 0.15) is 10.8 Å². The number of imide groups is 1. The van der Waals surface area contributed by atoms with Crippen LogP contribution in [0.3, 0.4) is 0 Å². The number of halogens is 1. The van der Waals surface area contributed by atoms with E-state index < -0.39 is 17.1 Å². The first-order valence-corrected chi connectivity index (χ1v) is 11.2. The second kappa shape index (κ2) is 8.76. The Morgan fingerprint density at radius 1 is 1.15 bits per heavy atom. The molecule has 1 fully saturated rings. The van der Waals surface area contributed by atoms with E-state index in [0.717, 1.165) is 33.0 Å². The fourth-order valence-corrected chi connectivity index (χ4v) is 4.62. The number of benzene rings is 2. The largest absolute Gasteiger partial charge is 0.454 e. The zero-order valence-corrected chi connectivity index (χ0v) is 18.6. The number of rotatable bonds is 5. The zero-order valence-electron chi connectivity index (χ0n) is 17.0. The van der Waals surface area contributed by atoms with Crippen molar-refractivity contribution < 1.29 is 23.9 Å². The standard InChI is InChI=1S/C23H16ClN3O5S/c24-20-15-4-2-1-3-14(15)11-16(26-20)21(28)25-7-8-27-22(29)19(33-23(27)30)10-13-5-6-17-18(9-13)32-12-31-17/h1-6,9-11H,7-8,12H2,(H,25,28)/b19-10-. The Morgan fingerprint density at radius 2 is 1.97 bits per heavy atom. The SMILES string of the molecule is O=C(NCCN1C(=O)S/C(=C\c2ccc3c(c2)OCO3)C1=O)c1cc2ccccc2c(Cl)n1. The number of carbonyl (C=O) groups excluding carboxylic acids is 3. The maximum Gasteiger partial charge on any atom is 0.293 e. The number of nitrogens with zero attached hydrogens (tertiary/aromatic N) is 2. The molecule has 0 bridgehead atoms. The molecule has 0 radical (unpaired) electrons. The number of hydrogen-bond donors (Lipinski definition) is 1. The van der Waals surface area contributed by atoms with Crippen LogP contribution in [0.25, 0.3) is 16.8 Å². The summed E-state index contributed by atoms with van der Waals surface area (Å²) in [7, 11) is 0. The van der Waals surface area contributed by atoms with Crippen LogP contribution in [0.5, 0.6) is 11.5 Å². The Balaban J connectivity index is 1.22. The summed E-state index contributed by atoms with van der Waals surface area (Å²) >= 11 is 7.04. The van der Waals surface area contributed by atoms with E-state index in [-0.39, 0.29) is 30.7 Å². The van der Waals surface area contributed by atoms with E-state index in [2.05, 4.69) is 10.3 Å². The van der Waals surface area contributed by atoms with Gasteiger partial charge in [-0.25, -0.2) is 4.98 Å². The van der Waals surface area contributed by atoms with E-state index >= 15 is 0 Å². The van der Waals surface area contributed by atoms with Gasteiger partial charge in [0.15, 0.2) is 11.5 Å². The number of thioether (sulfide) groups is 1. The molecule has 0 saturated carbocycles. The van der Waals surface area contributed by atoms with Gasteiger partial charge in [-0.1, -0.05) is 41.9 Å². The molecule has 8 nitrogen and oxygen atoms in total. The molecule has 3 amide bonds. The normalized spacial score (nSPS) is 16.2. The van der Waals surface area contributed by atoms with Gasteiger partial charge in [0, 0.05) is 18.5 Å². The lowest BCUT2D eigenvalue weighted by Crippen LogP contribution is -2.37. The van der Waals surface area contributed by atoms with Crippen molar-refractivity contribution in [2.24, 2.45) is 0 Å². The molecule has 0 aliphatic carbocycles. The Bertz CT molecular complexity index is 1340. The molecule has 3 heterocycles. The molecule has 0 atom stereocenters. The molecular formula is C23H16ClN3O5S. The molecule has 5 rings (SSSR count). The Labute approximate surface area is 197 Å². The second-order valence-corrected chi connectivity index (χ2v) is 8.57. The van der Waals surface area contributed by atoms with Gasteiger partial charge in [0.25, 0.3) is 17.1 Å². The highest BCUT2D eigenvalue weighted by atomic mass is 35.5. The van der Waals surface area contributed by atoms with E-state index in [1.165, 1.54) is 0 Å². The molecule has 2 aliphatic heterocycles. The molecule has 0 spiro atoms. The monoisotopic (exact) mass is 481 g/mol. The number of amides is 3. The highest BCUT2D eigenvalue weighted by Crippen LogP contribution is 2.36. The molecule has 33 heavy (non-hydrogen) atoms. The summed E-state index contributed by atoms with van der Waals surface area (Å²) in [6.07, 6.45) is 1.63. The lowest BCUT2D eigenvalue weighted by Gasteiger charge is -2.13. The van der Waals surface area contributed by atoms with Crippen molar-refractivity contribution >= 4 is 57.3 Å². The lowest BCUT2D eigenvalue weighted by molar-refractivity contribution is -0.122. The molecule has 1 N–H and O–H groups in total. The third-order valence-corrected chi connectivity index (χ3v) is 6.31. The van der Waals surface area contributed by atoms with Gasteiger partial charge in [0.2, 0.25) is 6.79 Å². The minimum absolute atomic E-state index is 0.0379. The van der Waals surface area contributed by atoms with E-state index in [4.69, 9.17) is 21.1 Å².